The van der Waals surface area contributed by atoms with E-state index in [0.29, 0.717) is 57.6 Å². The number of hydrogen-bond acceptors (Lipinski definition) is 7. The van der Waals surface area contributed by atoms with Crippen LogP contribution in [0.5, 0.6) is 5.88 Å². The van der Waals surface area contributed by atoms with Gasteiger partial charge in [0.05, 0.1) is 57.6 Å². The fraction of sp³-hybridized carbons (Fsp3) is 0.381. The fourth-order valence-electron chi connectivity index (χ4n) is 2.65. The number of benzene rings is 1. The van der Waals surface area contributed by atoms with Gasteiger partial charge >= 0.3 is 0 Å². The van der Waals surface area contributed by atoms with E-state index in [-0.39, 0.29) is 5.91 Å². The first-order chi connectivity index (χ1) is 14.2. The third-order valence-electron chi connectivity index (χ3n) is 4.06. The molecule has 0 spiro atoms. The number of fused-ring (bicyclic) bond motifs is 1. The van der Waals surface area contributed by atoms with E-state index in [0.717, 1.165) is 10.9 Å². The van der Waals surface area contributed by atoms with Crippen LogP contribution in [0.1, 0.15) is 17.3 Å². The first-order valence-corrected chi connectivity index (χ1v) is 9.49. The molecule has 2 aromatic heterocycles. The summed E-state index contributed by atoms with van der Waals surface area (Å²) in [6, 6.07) is 11.8. The van der Waals surface area contributed by atoms with Gasteiger partial charge in [0.1, 0.15) is 6.61 Å². The second kappa shape index (κ2) is 11.3. The zero-order valence-corrected chi connectivity index (χ0v) is 16.5. The second-order valence-corrected chi connectivity index (χ2v) is 6.27. The highest BCUT2D eigenvalue weighted by molar-refractivity contribution is 5.89. The number of hydrogen-bond donors (Lipinski definition) is 0. The third kappa shape index (κ3) is 6.63. The highest BCUT2D eigenvalue weighted by atomic mass is 16.6. The molecule has 0 saturated heterocycles. The molecule has 0 aliphatic carbocycles. The standard InChI is InChI=1S/C21H25N3O5/c1-17(25)24-20-15-22-21(13-19(20)14-23-24)29-12-11-27-8-7-26-9-10-28-16-18-5-3-2-4-6-18/h2-6,13-15H,7-12,16H2,1H3. The van der Waals surface area contributed by atoms with Crippen molar-refractivity contribution in [2.75, 3.05) is 39.6 Å². The molecular formula is C21H25N3O5. The van der Waals surface area contributed by atoms with E-state index in [2.05, 4.69) is 10.1 Å². The molecule has 0 N–H and O–H groups in total. The topological polar surface area (TPSA) is 84.7 Å². The van der Waals surface area contributed by atoms with Crippen LogP contribution in [0.15, 0.2) is 48.8 Å². The van der Waals surface area contributed by atoms with Crippen molar-refractivity contribution in [2.24, 2.45) is 0 Å². The van der Waals surface area contributed by atoms with Gasteiger partial charge in [0.15, 0.2) is 0 Å². The quantitative estimate of drug-likeness (QED) is 0.433. The summed E-state index contributed by atoms with van der Waals surface area (Å²) < 4.78 is 23.4. The summed E-state index contributed by atoms with van der Waals surface area (Å²) >= 11 is 0. The molecule has 2 heterocycles. The largest absolute Gasteiger partial charge is 0.475 e. The maximum Gasteiger partial charge on any atom is 0.244 e. The molecule has 29 heavy (non-hydrogen) atoms. The van der Waals surface area contributed by atoms with Crippen LogP contribution in [0.25, 0.3) is 10.9 Å². The number of aromatic nitrogens is 3. The average Bonchev–Trinajstić information content (AvgIpc) is 3.16. The summed E-state index contributed by atoms with van der Waals surface area (Å²) in [6.45, 7) is 4.92. The lowest BCUT2D eigenvalue weighted by molar-refractivity contribution is 0.00577. The van der Waals surface area contributed by atoms with E-state index in [1.165, 1.54) is 11.6 Å². The molecule has 0 saturated carbocycles. The van der Waals surface area contributed by atoms with Gasteiger partial charge in [0.2, 0.25) is 11.8 Å². The van der Waals surface area contributed by atoms with Crippen LogP contribution in [0, 0.1) is 0 Å². The SMILES string of the molecule is CC(=O)n1ncc2cc(OCCOCCOCCOCc3ccccc3)ncc21. The molecule has 0 aliphatic heterocycles. The Kier molecular flexibility index (Phi) is 8.12. The monoisotopic (exact) mass is 399 g/mol. The lowest BCUT2D eigenvalue weighted by atomic mass is 10.2. The molecule has 0 amide bonds. The summed E-state index contributed by atoms with van der Waals surface area (Å²) in [5.41, 5.74) is 1.81. The van der Waals surface area contributed by atoms with E-state index in [9.17, 15) is 4.79 Å². The zero-order valence-electron chi connectivity index (χ0n) is 16.5. The van der Waals surface area contributed by atoms with Gasteiger partial charge in [-0.15, -0.1) is 0 Å². The molecule has 0 radical (unpaired) electrons. The van der Waals surface area contributed by atoms with Gasteiger partial charge in [-0.1, -0.05) is 30.3 Å². The molecule has 1 aromatic carbocycles. The molecule has 0 fully saturated rings. The number of ether oxygens (including phenoxy) is 4. The highest BCUT2D eigenvalue weighted by Gasteiger charge is 2.08. The van der Waals surface area contributed by atoms with Gasteiger partial charge in [0, 0.05) is 18.4 Å². The maximum atomic E-state index is 11.4. The summed E-state index contributed by atoms with van der Waals surface area (Å²) in [7, 11) is 0. The Bertz CT molecular complexity index is 898. The number of carbonyl (C=O) groups is 1. The fourth-order valence-corrected chi connectivity index (χ4v) is 2.65. The molecule has 154 valence electrons. The lowest BCUT2D eigenvalue weighted by Crippen LogP contribution is -2.13. The van der Waals surface area contributed by atoms with Crippen LogP contribution in [-0.4, -0.2) is 60.3 Å². The maximum absolute atomic E-state index is 11.4. The summed E-state index contributed by atoms with van der Waals surface area (Å²) in [5.74, 6) is 0.310. The first-order valence-electron chi connectivity index (χ1n) is 9.49. The van der Waals surface area contributed by atoms with E-state index in [1.807, 2.05) is 30.3 Å². The average molecular weight is 399 g/mol. The molecule has 8 nitrogen and oxygen atoms in total. The Hall–Kier alpha value is -2.81. The molecule has 8 heteroatoms. The van der Waals surface area contributed by atoms with E-state index in [1.54, 1.807) is 18.5 Å². The van der Waals surface area contributed by atoms with Crippen LogP contribution >= 0.6 is 0 Å². The highest BCUT2D eigenvalue weighted by Crippen LogP contribution is 2.17. The Morgan fingerprint density at radius 1 is 0.931 bits per heavy atom. The first kappa shape index (κ1) is 20.9. The van der Waals surface area contributed by atoms with Gasteiger partial charge in [-0.05, 0) is 5.56 Å². The van der Waals surface area contributed by atoms with Gasteiger partial charge in [-0.2, -0.15) is 9.78 Å². The number of carbonyl (C=O) groups excluding carboxylic acids is 1. The van der Waals surface area contributed by atoms with Crippen LogP contribution in [0.4, 0.5) is 0 Å². The van der Waals surface area contributed by atoms with Crippen molar-refractivity contribution in [3.63, 3.8) is 0 Å². The van der Waals surface area contributed by atoms with E-state index in [4.69, 9.17) is 18.9 Å². The molecule has 0 bridgehead atoms. The van der Waals surface area contributed by atoms with E-state index >= 15 is 0 Å². The molecule has 3 rings (SSSR count). The van der Waals surface area contributed by atoms with Crippen molar-refractivity contribution >= 4 is 16.8 Å². The Balaban J connectivity index is 1.21. The van der Waals surface area contributed by atoms with Gasteiger partial charge in [-0.25, -0.2) is 4.98 Å². The van der Waals surface area contributed by atoms with Crippen molar-refractivity contribution in [1.82, 2.24) is 14.8 Å². The predicted molar refractivity (Wildman–Crippen MR) is 107 cm³/mol. The van der Waals surface area contributed by atoms with Crippen molar-refractivity contribution in [2.45, 2.75) is 13.5 Å². The van der Waals surface area contributed by atoms with Crippen molar-refractivity contribution in [1.29, 1.82) is 0 Å². The summed E-state index contributed by atoms with van der Waals surface area (Å²) in [4.78, 5) is 15.6. The zero-order chi connectivity index (χ0) is 20.3. The Labute approximate surface area is 169 Å². The number of pyridine rings is 1. The number of rotatable bonds is 12. The van der Waals surface area contributed by atoms with Crippen molar-refractivity contribution in [3.8, 4) is 5.88 Å². The van der Waals surface area contributed by atoms with Gasteiger partial charge in [-0.3, -0.25) is 4.79 Å². The van der Waals surface area contributed by atoms with Crippen molar-refractivity contribution in [3.05, 3.63) is 54.4 Å². The molecular weight excluding hydrogens is 374 g/mol. The normalized spacial score (nSPS) is 11.1. The van der Waals surface area contributed by atoms with E-state index < -0.39 is 0 Å². The van der Waals surface area contributed by atoms with Crippen LogP contribution in [0.3, 0.4) is 0 Å². The third-order valence-corrected chi connectivity index (χ3v) is 4.06. The van der Waals surface area contributed by atoms with Crippen LogP contribution in [0.2, 0.25) is 0 Å². The van der Waals surface area contributed by atoms with Gasteiger partial charge in [0.25, 0.3) is 0 Å². The second-order valence-electron chi connectivity index (χ2n) is 6.27. The minimum absolute atomic E-state index is 0.158. The molecule has 0 atom stereocenters. The molecule has 0 unspecified atom stereocenters. The summed E-state index contributed by atoms with van der Waals surface area (Å²) in [5, 5.41) is 4.83. The van der Waals surface area contributed by atoms with Crippen molar-refractivity contribution < 1.29 is 23.7 Å². The van der Waals surface area contributed by atoms with Crippen LogP contribution < -0.4 is 4.74 Å². The van der Waals surface area contributed by atoms with Gasteiger partial charge < -0.3 is 18.9 Å². The molecule has 3 aromatic rings. The van der Waals surface area contributed by atoms with Crippen LogP contribution in [-0.2, 0) is 20.8 Å². The predicted octanol–water partition coefficient (Wildman–Crippen LogP) is 2.72. The molecule has 0 aliphatic rings. The minimum atomic E-state index is -0.158. The lowest BCUT2D eigenvalue weighted by Gasteiger charge is -2.08. The Morgan fingerprint density at radius 3 is 2.34 bits per heavy atom. The summed E-state index contributed by atoms with van der Waals surface area (Å²) in [6.07, 6.45) is 3.19. The Morgan fingerprint density at radius 2 is 1.62 bits per heavy atom. The minimum Gasteiger partial charge on any atom is -0.475 e. The smallest absolute Gasteiger partial charge is 0.244 e. The number of nitrogens with zero attached hydrogens (tertiary/aromatic N) is 3.